The first kappa shape index (κ1) is 27.2. The molecule has 0 spiro atoms. The number of thioether (sulfide) groups is 1. The number of anilines is 2. The largest absolute Gasteiger partial charge is 0.493 e. The lowest BCUT2D eigenvalue weighted by Crippen LogP contribution is -2.07. The van der Waals surface area contributed by atoms with Crippen molar-refractivity contribution in [3.05, 3.63) is 36.7 Å². The van der Waals surface area contributed by atoms with Gasteiger partial charge in [0.25, 0.3) is 0 Å². The lowest BCUT2D eigenvalue weighted by Gasteiger charge is -2.14. The van der Waals surface area contributed by atoms with E-state index >= 15 is 0 Å². The molecule has 0 aliphatic rings. The van der Waals surface area contributed by atoms with Crippen molar-refractivity contribution in [2.45, 2.75) is 22.9 Å². The topological polar surface area (TPSA) is 107 Å². The van der Waals surface area contributed by atoms with E-state index in [1.165, 1.54) is 18.1 Å². The number of benzene rings is 2. The van der Waals surface area contributed by atoms with Crippen molar-refractivity contribution in [3.63, 3.8) is 0 Å². The van der Waals surface area contributed by atoms with E-state index in [-0.39, 0.29) is 10.6 Å². The number of alkyl halides is 3. The molecular formula is C21H22F3N3O5S2. The van der Waals surface area contributed by atoms with Gasteiger partial charge in [-0.1, -0.05) is 6.92 Å². The average molecular weight is 518 g/mol. The molecule has 0 fully saturated rings. The Labute approximate surface area is 198 Å². The normalized spacial score (nSPS) is 11.4. The summed E-state index contributed by atoms with van der Waals surface area (Å²) in [6, 6.07) is 8.63. The highest BCUT2D eigenvalue weighted by Crippen LogP contribution is 2.36. The fourth-order valence-corrected chi connectivity index (χ4v) is 4.20. The zero-order chi connectivity index (χ0) is 25.5. The Morgan fingerprint density at radius 1 is 1.09 bits per heavy atom. The van der Waals surface area contributed by atoms with E-state index in [4.69, 9.17) is 14.3 Å². The van der Waals surface area contributed by atoms with Gasteiger partial charge in [0.1, 0.15) is 12.1 Å². The van der Waals surface area contributed by atoms with Crippen LogP contribution in [0, 0.1) is 0 Å². The summed E-state index contributed by atoms with van der Waals surface area (Å²) >= 11 is 1.52. The monoisotopic (exact) mass is 517 g/mol. The van der Waals surface area contributed by atoms with Gasteiger partial charge in [-0.2, -0.15) is 13.2 Å². The predicted molar refractivity (Wildman–Crippen MR) is 124 cm³/mol. The number of aromatic nitrogens is 2. The molecule has 0 atom stereocenters. The molecule has 0 saturated heterocycles. The van der Waals surface area contributed by atoms with Crippen molar-refractivity contribution in [3.8, 4) is 11.5 Å². The number of halogens is 3. The molecule has 0 bridgehead atoms. The number of carbonyl (C=O) groups excluding carboxylic acids is 1. The van der Waals surface area contributed by atoms with Crippen LogP contribution < -0.4 is 14.8 Å². The number of ether oxygens (including phenoxy) is 2. The van der Waals surface area contributed by atoms with Crippen LogP contribution in [0.5, 0.6) is 11.5 Å². The van der Waals surface area contributed by atoms with Gasteiger partial charge in [-0.3, -0.25) is 4.79 Å². The number of hydrogen-bond acceptors (Lipinski definition) is 9. The number of aldehydes is 1. The first-order valence-corrected chi connectivity index (χ1v) is 12.4. The molecule has 8 nitrogen and oxygen atoms in total. The lowest BCUT2D eigenvalue weighted by molar-refractivity contribution is -0.156. The first-order valence-electron chi connectivity index (χ1n) is 9.57. The zero-order valence-electron chi connectivity index (χ0n) is 18.6. The Kier molecular flexibility index (Phi) is 9.10. The maximum Gasteiger partial charge on any atom is 0.446 e. The summed E-state index contributed by atoms with van der Waals surface area (Å²) in [6.07, 6.45) is -2.32. The number of hydrogen-bond donors (Lipinski definition) is 1. The van der Waals surface area contributed by atoms with Crippen molar-refractivity contribution >= 4 is 50.3 Å². The summed E-state index contributed by atoms with van der Waals surface area (Å²) in [5.74, 6) is 1.71. The third-order valence-electron chi connectivity index (χ3n) is 4.44. The van der Waals surface area contributed by atoms with E-state index in [0.29, 0.717) is 28.5 Å². The number of rotatable bonds is 7. The fourth-order valence-electron chi connectivity index (χ4n) is 2.76. The molecule has 184 valence electrons. The summed E-state index contributed by atoms with van der Waals surface area (Å²) in [6.45, 7) is 1.63. The smallest absolute Gasteiger partial charge is 0.446 e. The highest BCUT2D eigenvalue weighted by atomic mass is 32.2. The van der Waals surface area contributed by atoms with E-state index in [1.807, 2.05) is 6.26 Å². The van der Waals surface area contributed by atoms with Crippen molar-refractivity contribution < 1.29 is 35.9 Å². The van der Waals surface area contributed by atoms with Crippen LogP contribution in [0.3, 0.4) is 0 Å². The minimum absolute atomic E-state index is 0.0402. The van der Waals surface area contributed by atoms with Crippen molar-refractivity contribution in [1.82, 2.24) is 9.97 Å². The molecule has 3 aromatic rings. The van der Waals surface area contributed by atoms with Gasteiger partial charge >= 0.3 is 6.18 Å². The van der Waals surface area contributed by atoms with Gasteiger partial charge < -0.3 is 14.8 Å². The molecule has 1 N–H and O–H groups in total. The molecular weight excluding hydrogens is 495 g/mol. The quantitative estimate of drug-likeness (QED) is 0.354. The van der Waals surface area contributed by atoms with Gasteiger partial charge in [-0.25, -0.2) is 18.4 Å². The van der Waals surface area contributed by atoms with Crippen molar-refractivity contribution in [2.24, 2.45) is 0 Å². The minimum atomic E-state index is -4.64. The number of carbonyl (C=O) groups is 1. The minimum Gasteiger partial charge on any atom is -0.493 e. The number of sulfone groups is 1. The van der Waals surface area contributed by atoms with Gasteiger partial charge in [0.15, 0.2) is 21.3 Å². The van der Waals surface area contributed by atoms with Crippen LogP contribution in [-0.4, -0.2) is 57.1 Å². The van der Waals surface area contributed by atoms with Crippen LogP contribution in [0.25, 0.3) is 10.9 Å². The number of nitrogens with one attached hydrogen (secondary N) is 1. The summed E-state index contributed by atoms with van der Waals surface area (Å²) in [4.78, 5) is 18.5. The van der Waals surface area contributed by atoms with Crippen molar-refractivity contribution in [2.75, 3.05) is 31.5 Å². The third-order valence-corrected chi connectivity index (χ3v) is 6.97. The molecule has 13 heteroatoms. The molecule has 0 amide bonds. The summed E-state index contributed by atoms with van der Waals surface area (Å²) in [5, 5.41) is 3.99. The lowest BCUT2D eigenvalue weighted by atomic mass is 10.2. The highest BCUT2D eigenvalue weighted by molar-refractivity contribution is 7.98. The second-order valence-corrected chi connectivity index (χ2v) is 9.62. The van der Waals surface area contributed by atoms with E-state index in [1.54, 1.807) is 51.5 Å². The van der Waals surface area contributed by atoms with Gasteiger partial charge in [0.05, 0.1) is 36.1 Å². The molecule has 3 rings (SSSR count). The first-order chi connectivity index (χ1) is 16.0. The highest BCUT2D eigenvalue weighted by Gasteiger charge is 2.25. The molecule has 0 aliphatic heterocycles. The van der Waals surface area contributed by atoms with Gasteiger partial charge in [-0.15, -0.1) is 11.8 Å². The second-order valence-electron chi connectivity index (χ2n) is 6.50. The predicted octanol–water partition coefficient (Wildman–Crippen LogP) is 4.65. The average Bonchev–Trinajstić information content (AvgIpc) is 2.83. The Morgan fingerprint density at radius 3 is 2.24 bits per heavy atom. The summed E-state index contributed by atoms with van der Waals surface area (Å²) < 4.78 is 66.5. The Hall–Kier alpha value is -3.06. The van der Waals surface area contributed by atoms with Gasteiger partial charge in [0.2, 0.25) is 6.29 Å². The standard InChI is InChI=1S/C19H21N3O4S2.C2HF3O/c1-5-28(23,24)12-6-7-18(27-4)15(8-12)22-19-13-9-16(25-2)17(26-3)10-14(13)20-11-21-19;3-2(4,5)1-6/h6-11H,5H2,1-4H3,(H,20,21,22);1H. The number of nitrogens with zero attached hydrogens (tertiary/aromatic N) is 2. The van der Waals surface area contributed by atoms with Crippen LogP contribution in [0.1, 0.15) is 6.92 Å². The van der Waals surface area contributed by atoms with Crippen molar-refractivity contribution in [1.29, 1.82) is 0 Å². The molecule has 0 aliphatic carbocycles. The zero-order valence-corrected chi connectivity index (χ0v) is 20.3. The maximum absolute atomic E-state index is 12.3. The van der Waals surface area contributed by atoms with Gasteiger partial charge in [0, 0.05) is 16.3 Å². The second kappa shape index (κ2) is 11.4. The third kappa shape index (κ3) is 6.73. The van der Waals surface area contributed by atoms with Crippen LogP contribution in [0.4, 0.5) is 24.7 Å². The molecule has 0 saturated carbocycles. The maximum atomic E-state index is 12.3. The van der Waals surface area contributed by atoms with E-state index in [9.17, 15) is 21.6 Å². The molecule has 0 radical (unpaired) electrons. The Morgan fingerprint density at radius 2 is 1.71 bits per heavy atom. The summed E-state index contributed by atoms with van der Waals surface area (Å²) in [7, 11) is -0.194. The Balaban J connectivity index is 0.000000604. The number of methoxy groups -OCH3 is 2. The van der Waals surface area contributed by atoms with Gasteiger partial charge in [-0.05, 0) is 30.5 Å². The Bertz CT molecular complexity index is 1270. The molecule has 2 aromatic carbocycles. The fraction of sp³-hybridized carbons (Fsp3) is 0.286. The van der Waals surface area contributed by atoms with Crippen LogP contribution in [-0.2, 0) is 14.6 Å². The summed E-state index contributed by atoms with van der Waals surface area (Å²) in [5.41, 5.74) is 1.34. The molecule has 34 heavy (non-hydrogen) atoms. The van der Waals surface area contributed by atoms with Crippen LogP contribution >= 0.6 is 11.8 Å². The molecule has 1 heterocycles. The van der Waals surface area contributed by atoms with E-state index in [0.717, 1.165) is 10.3 Å². The van der Waals surface area contributed by atoms with Crippen LogP contribution in [0.15, 0.2) is 46.5 Å². The van der Waals surface area contributed by atoms with E-state index in [2.05, 4.69) is 15.3 Å². The van der Waals surface area contributed by atoms with E-state index < -0.39 is 22.3 Å². The molecule has 0 unspecified atom stereocenters. The number of fused-ring (bicyclic) bond motifs is 1. The SMILES string of the molecule is CCS(=O)(=O)c1ccc(SC)c(Nc2ncnc3cc(OC)c(OC)cc23)c1.O=CC(F)(F)F. The van der Waals surface area contributed by atoms with Crippen LogP contribution in [0.2, 0.25) is 0 Å². The molecule has 1 aromatic heterocycles.